The summed E-state index contributed by atoms with van der Waals surface area (Å²) in [7, 11) is 0. The molecule has 0 aliphatic carbocycles. The van der Waals surface area contributed by atoms with Gasteiger partial charge in [0.05, 0.1) is 0 Å². The molecular formula is C33H48O2. The molecule has 0 saturated heterocycles. The Hall–Kier alpha value is -2.48. The van der Waals surface area contributed by atoms with Gasteiger partial charge in [0.15, 0.2) is 0 Å². The van der Waals surface area contributed by atoms with E-state index in [1.807, 2.05) is 12.2 Å². The van der Waals surface area contributed by atoms with E-state index in [9.17, 15) is 10.2 Å². The fourth-order valence-corrected chi connectivity index (χ4v) is 5.11. The molecule has 0 radical (unpaired) electrons. The molecule has 2 rings (SSSR count). The first-order chi connectivity index (χ1) is 16.3. The molecule has 0 bridgehead atoms. The van der Waals surface area contributed by atoms with Crippen LogP contribution in [0.15, 0.2) is 49.6 Å². The van der Waals surface area contributed by atoms with Crippen LogP contribution in [0.1, 0.15) is 114 Å². The fraction of sp³-hybridized carbons (Fsp3) is 0.515. The zero-order chi connectivity index (χ0) is 26.6. The zero-order valence-electron chi connectivity index (χ0n) is 23.5. The predicted molar refractivity (Wildman–Crippen MR) is 152 cm³/mol. The Balaban J connectivity index is 3.01. The molecule has 2 nitrogen and oxygen atoms in total. The predicted octanol–water partition coefficient (Wildman–Crippen LogP) is 9.11. The first-order valence-corrected chi connectivity index (χ1v) is 13.3. The molecule has 2 heteroatoms. The van der Waals surface area contributed by atoms with Crippen LogP contribution < -0.4 is 0 Å². The van der Waals surface area contributed by atoms with Crippen molar-refractivity contribution in [1.29, 1.82) is 0 Å². The standard InChI is InChI=1S/C33H48O2/c1-11-15-22-18-25(30(34)27(20-22)32(5,6)7)29(24(14-4)17-13-3)26-19-23(16-12-2)21-28(31(26)35)33(8,9)10/h13-14,18-21,24,29,34-35H,3-4,11-12,15-17H2,1-2,5-10H3. The summed E-state index contributed by atoms with van der Waals surface area (Å²) in [6, 6.07) is 8.62. The Morgan fingerprint density at radius 3 is 1.43 bits per heavy atom. The quantitative estimate of drug-likeness (QED) is 0.336. The molecule has 1 unspecified atom stereocenters. The van der Waals surface area contributed by atoms with E-state index in [0.717, 1.165) is 47.9 Å². The number of allylic oxidation sites excluding steroid dienone is 2. The van der Waals surface area contributed by atoms with Gasteiger partial charge in [0, 0.05) is 17.0 Å². The van der Waals surface area contributed by atoms with Crippen LogP contribution in [0.4, 0.5) is 0 Å². The third kappa shape index (κ3) is 6.60. The first kappa shape index (κ1) is 28.8. The summed E-state index contributed by atoms with van der Waals surface area (Å²) in [5.41, 5.74) is 5.66. The van der Waals surface area contributed by atoms with E-state index in [1.54, 1.807) is 0 Å². The molecule has 2 aromatic carbocycles. The van der Waals surface area contributed by atoms with Crippen molar-refractivity contribution in [3.63, 3.8) is 0 Å². The third-order valence-corrected chi connectivity index (χ3v) is 6.93. The molecule has 0 saturated carbocycles. The Bertz CT molecular complexity index is 957. The summed E-state index contributed by atoms with van der Waals surface area (Å²) >= 11 is 0. The van der Waals surface area contributed by atoms with E-state index in [0.29, 0.717) is 17.9 Å². The molecule has 0 aliphatic heterocycles. The van der Waals surface area contributed by atoms with Gasteiger partial charge in [-0.15, -0.1) is 13.2 Å². The molecular weight excluding hydrogens is 428 g/mol. The van der Waals surface area contributed by atoms with E-state index in [2.05, 4.69) is 92.8 Å². The molecule has 1 atom stereocenters. The van der Waals surface area contributed by atoms with Crippen molar-refractivity contribution in [1.82, 2.24) is 0 Å². The SMILES string of the molecule is C=CCC(C=C)C(c1cc(CCC)cc(C(C)(C)C)c1O)c1cc(CCC)cc(C(C)(C)C)c1O. The van der Waals surface area contributed by atoms with Gasteiger partial charge in [-0.1, -0.05) is 105 Å². The molecule has 2 aromatic rings. The van der Waals surface area contributed by atoms with Crippen LogP contribution in [-0.4, -0.2) is 10.2 Å². The monoisotopic (exact) mass is 476 g/mol. The van der Waals surface area contributed by atoms with Crippen molar-refractivity contribution < 1.29 is 10.2 Å². The van der Waals surface area contributed by atoms with Gasteiger partial charge in [0.1, 0.15) is 11.5 Å². The van der Waals surface area contributed by atoms with Crippen molar-refractivity contribution in [2.24, 2.45) is 5.92 Å². The normalized spacial score (nSPS) is 13.2. The summed E-state index contributed by atoms with van der Waals surface area (Å²) in [6.07, 6.45) is 8.52. The van der Waals surface area contributed by atoms with Crippen LogP contribution in [-0.2, 0) is 23.7 Å². The molecule has 0 aromatic heterocycles. The van der Waals surface area contributed by atoms with E-state index >= 15 is 0 Å². The maximum atomic E-state index is 11.7. The first-order valence-electron chi connectivity index (χ1n) is 13.3. The van der Waals surface area contributed by atoms with Crippen LogP contribution in [0.2, 0.25) is 0 Å². The number of hydrogen-bond donors (Lipinski definition) is 2. The lowest BCUT2D eigenvalue weighted by Gasteiger charge is -2.32. The van der Waals surface area contributed by atoms with Gasteiger partial charge in [-0.3, -0.25) is 0 Å². The average molecular weight is 477 g/mol. The molecule has 0 amide bonds. The van der Waals surface area contributed by atoms with Gasteiger partial charge >= 0.3 is 0 Å². The number of rotatable bonds is 10. The van der Waals surface area contributed by atoms with Crippen molar-refractivity contribution in [3.05, 3.63) is 83.0 Å². The summed E-state index contributed by atoms with van der Waals surface area (Å²) in [6.45, 7) is 25.4. The number of aromatic hydroxyl groups is 2. The second kappa shape index (κ2) is 11.5. The van der Waals surface area contributed by atoms with Crippen LogP contribution in [0, 0.1) is 5.92 Å². The minimum Gasteiger partial charge on any atom is -0.507 e. The Labute approximate surface area is 214 Å². The lowest BCUT2D eigenvalue weighted by atomic mass is 9.73. The summed E-state index contributed by atoms with van der Waals surface area (Å²) in [5, 5.41) is 23.4. The highest BCUT2D eigenvalue weighted by molar-refractivity contribution is 5.57. The fourth-order valence-electron chi connectivity index (χ4n) is 5.11. The van der Waals surface area contributed by atoms with Gasteiger partial charge in [-0.25, -0.2) is 0 Å². The molecule has 0 heterocycles. The van der Waals surface area contributed by atoms with Crippen molar-refractivity contribution in [2.45, 2.75) is 104 Å². The van der Waals surface area contributed by atoms with Gasteiger partial charge in [-0.05, 0) is 58.3 Å². The lowest BCUT2D eigenvalue weighted by Crippen LogP contribution is -2.19. The minimum absolute atomic E-state index is 0.0151. The van der Waals surface area contributed by atoms with Crippen LogP contribution in [0.5, 0.6) is 11.5 Å². The van der Waals surface area contributed by atoms with Crippen molar-refractivity contribution in [3.8, 4) is 11.5 Å². The minimum atomic E-state index is -0.235. The van der Waals surface area contributed by atoms with Crippen LogP contribution in [0.3, 0.4) is 0 Å². The van der Waals surface area contributed by atoms with Crippen LogP contribution >= 0.6 is 0 Å². The van der Waals surface area contributed by atoms with Crippen molar-refractivity contribution in [2.75, 3.05) is 0 Å². The topological polar surface area (TPSA) is 40.5 Å². The number of benzene rings is 2. The second-order valence-electron chi connectivity index (χ2n) is 12.1. The zero-order valence-corrected chi connectivity index (χ0v) is 23.5. The van der Waals surface area contributed by atoms with Gasteiger partial charge in [0.2, 0.25) is 0 Å². The Kier molecular flexibility index (Phi) is 9.45. The van der Waals surface area contributed by atoms with Crippen molar-refractivity contribution >= 4 is 0 Å². The molecule has 0 spiro atoms. The molecule has 35 heavy (non-hydrogen) atoms. The molecule has 0 fully saturated rings. The van der Waals surface area contributed by atoms with Crippen LogP contribution in [0.25, 0.3) is 0 Å². The van der Waals surface area contributed by atoms with E-state index in [4.69, 9.17) is 0 Å². The maximum Gasteiger partial charge on any atom is 0.123 e. The number of hydrogen-bond acceptors (Lipinski definition) is 2. The molecule has 2 N–H and O–H groups in total. The van der Waals surface area contributed by atoms with E-state index < -0.39 is 0 Å². The largest absolute Gasteiger partial charge is 0.507 e. The summed E-state index contributed by atoms with van der Waals surface area (Å²) < 4.78 is 0. The maximum absolute atomic E-state index is 11.7. The summed E-state index contributed by atoms with van der Waals surface area (Å²) in [5.74, 6) is 0.409. The highest BCUT2D eigenvalue weighted by atomic mass is 16.3. The number of phenols is 2. The average Bonchev–Trinajstić information content (AvgIpc) is 2.75. The summed E-state index contributed by atoms with van der Waals surface area (Å²) in [4.78, 5) is 0. The lowest BCUT2D eigenvalue weighted by molar-refractivity contribution is 0.415. The van der Waals surface area contributed by atoms with Gasteiger partial charge < -0.3 is 10.2 Å². The Morgan fingerprint density at radius 1 is 0.743 bits per heavy atom. The number of aryl methyl sites for hydroxylation is 2. The highest BCUT2D eigenvalue weighted by Crippen LogP contribution is 2.48. The third-order valence-electron chi connectivity index (χ3n) is 6.93. The van der Waals surface area contributed by atoms with E-state index in [-0.39, 0.29) is 22.7 Å². The van der Waals surface area contributed by atoms with Gasteiger partial charge in [0.25, 0.3) is 0 Å². The smallest absolute Gasteiger partial charge is 0.123 e. The Morgan fingerprint density at radius 2 is 1.14 bits per heavy atom. The molecule has 192 valence electrons. The second-order valence-corrected chi connectivity index (χ2v) is 12.1. The number of phenolic OH excluding ortho intramolecular Hbond substituents is 2. The van der Waals surface area contributed by atoms with E-state index in [1.165, 1.54) is 11.1 Å². The van der Waals surface area contributed by atoms with Gasteiger partial charge in [-0.2, -0.15) is 0 Å². The molecule has 0 aliphatic rings. The highest BCUT2D eigenvalue weighted by Gasteiger charge is 2.33.